The summed E-state index contributed by atoms with van der Waals surface area (Å²) in [5.74, 6) is 0.602. The summed E-state index contributed by atoms with van der Waals surface area (Å²) in [4.78, 5) is 12.1. The highest BCUT2D eigenvalue weighted by Gasteiger charge is 2.11. The van der Waals surface area contributed by atoms with E-state index in [-0.39, 0.29) is 5.91 Å². The zero-order chi connectivity index (χ0) is 14.4. The first-order valence-corrected chi connectivity index (χ1v) is 7.50. The van der Waals surface area contributed by atoms with Crippen LogP contribution >= 0.6 is 15.9 Å². The Morgan fingerprint density at radius 3 is 3.05 bits per heavy atom. The Hall–Kier alpha value is -1.33. The number of rotatable bonds is 5. The van der Waals surface area contributed by atoms with Gasteiger partial charge in [0.1, 0.15) is 5.75 Å². The van der Waals surface area contributed by atoms with Crippen LogP contribution in [0.3, 0.4) is 0 Å². The molecule has 1 aromatic rings. The van der Waals surface area contributed by atoms with E-state index in [9.17, 15) is 4.79 Å². The van der Waals surface area contributed by atoms with Crippen molar-refractivity contribution >= 4 is 21.8 Å². The number of amides is 1. The lowest BCUT2D eigenvalue weighted by Gasteiger charge is -2.14. The third-order valence-corrected chi connectivity index (χ3v) is 4.00. The van der Waals surface area contributed by atoms with Crippen molar-refractivity contribution < 1.29 is 9.53 Å². The van der Waals surface area contributed by atoms with Crippen LogP contribution in [0.4, 0.5) is 0 Å². The predicted octanol–water partition coefficient (Wildman–Crippen LogP) is 2.50. The van der Waals surface area contributed by atoms with Crippen LogP contribution in [0.15, 0.2) is 34.3 Å². The molecule has 0 aromatic heterocycles. The third-order valence-electron chi connectivity index (χ3n) is 3.31. The van der Waals surface area contributed by atoms with E-state index in [2.05, 4.69) is 32.6 Å². The lowest BCUT2D eigenvalue weighted by atomic mass is 10.1. The second-order valence-corrected chi connectivity index (χ2v) is 5.52. The van der Waals surface area contributed by atoms with Crippen LogP contribution in [-0.4, -0.2) is 32.7 Å². The summed E-state index contributed by atoms with van der Waals surface area (Å²) >= 11 is 3.39. The summed E-state index contributed by atoms with van der Waals surface area (Å²) in [5.41, 5.74) is 2.01. The number of ether oxygens (including phenoxy) is 1. The van der Waals surface area contributed by atoms with Gasteiger partial charge in [-0.05, 0) is 53.5 Å². The first kappa shape index (κ1) is 15.1. The number of carbonyl (C=O) groups excluding carboxylic acids is 1. The van der Waals surface area contributed by atoms with Crippen LogP contribution in [0.25, 0.3) is 0 Å². The highest BCUT2D eigenvalue weighted by molar-refractivity contribution is 9.10. The minimum Gasteiger partial charge on any atom is -0.497 e. The second-order valence-electron chi connectivity index (χ2n) is 4.67. The lowest BCUT2D eigenvalue weighted by Crippen LogP contribution is -2.27. The van der Waals surface area contributed by atoms with Crippen molar-refractivity contribution in [1.29, 1.82) is 0 Å². The smallest absolute Gasteiger partial charge is 0.252 e. The highest BCUT2D eigenvalue weighted by atomic mass is 79.9. The van der Waals surface area contributed by atoms with Crippen LogP contribution in [0, 0.1) is 0 Å². The molecule has 0 radical (unpaired) electrons. The number of halogens is 1. The van der Waals surface area contributed by atoms with Gasteiger partial charge in [-0.3, -0.25) is 4.79 Å². The number of nitrogens with one attached hydrogen (secondary N) is 2. The number of hydrogen-bond donors (Lipinski definition) is 2. The van der Waals surface area contributed by atoms with Gasteiger partial charge in [0.25, 0.3) is 5.91 Å². The van der Waals surface area contributed by atoms with Crippen LogP contribution < -0.4 is 15.4 Å². The molecule has 1 aromatic carbocycles. The Morgan fingerprint density at radius 1 is 1.50 bits per heavy atom. The SMILES string of the molecule is COc1ccc(Br)c(C(=O)NCCC2=CCNCC2)c1. The molecule has 2 rings (SSSR count). The summed E-state index contributed by atoms with van der Waals surface area (Å²) in [6, 6.07) is 5.38. The fraction of sp³-hybridized carbons (Fsp3) is 0.400. The van der Waals surface area contributed by atoms with Crippen molar-refractivity contribution in [3.63, 3.8) is 0 Å². The van der Waals surface area contributed by atoms with Gasteiger partial charge in [-0.1, -0.05) is 11.6 Å². The van der Waals surface area contributed by atoms with E-state index in [1.165, 1.54) is 5.57 Å². The molecule has 1 aliphatic heterocycles. The molecule has 0 aliphatic carbocycles. The number of methoxy groups -OCH3 is 1. The van der Waals surface area contributed by atoms with E-state index in [1.54, 1.807) is 13.2 Å². The van der Waals surface area contributed by atoms with Gasteiger partial charge < -0.3 is 15.4 Å². The van der Waals surface area contributed by atoms with Crippen molar-refractivity contribution in [2.75, 3.05) is 26.7 Å². The van der Waals surface area contributed by atoms with Crippen molar-refractivity contribution in [1.82, 2.24) is 10.6 Å². The maximum atomic E-state index is 12.1. The molecule has 20 heavy (non-hydrogen) atoms. The van der Waals surface area contributed by atoms with Crippen LogP contribution in [0.1, 0.15) is 23.2 Å². The zero-order valence-electron chi connectivity index (χ0n) is 11.5. The molecule has 4 nitrogen and oxygen atoms in total. The normalized spacial score (nSPS) is 14.6. The van der Waals surface area contributed by atoms with Crippen molar-refractivity contribution in [3.8, 4) is 5.75 Å². The predicted molar refractivity (Wildman–Crippen MR) is 83.2 cm³/mol. The topological polar surface area (TPSA) is 50.4 Å². The van der Waals surface area contributed by atoms with E-state index < -0.39 is 0 Å². The average Bonchev–Trinajstić information content (AvgIpc) is 2.48. The molecule has 0 saturated carbocycles. The molecule has 1 aliphatic rings. The Balaban J connectivity index is 1.89. The van der Waals surface area contributed by atoms with Gasteiger partial charge in [-0.25, -0.2) is 0 Å². The lowest BCUT2D eigenvalue weighted by molar-refractivity contribution is 0.0953. The maximum Gasteiger partial charge on any atom is 0.252 e. The zero-order valence-corrected chi connectivity index (χ0v) is 13.1. The molecule has 5 heteroatoms. The summed E-state index contributed by atoms with van der Waals surface area (Å²) < 4.78 is 5.92. The van der Waals surface area contributed by atoms with Gasteiger partial charge in [-0.2, -0.15) is 0 Å². The van der Waals surface area contributed by atoms with E-state index in [1.807, 2.05) is 12.1 Å². The average molecular weight is 339 g/mol. The number of carbonyl (C=O) groups is 1. The van der Waals surface area contributed by atoms with Gasteiger partial charge in [-0.15, -0.1) is 0 Å². The summed E-state index contributed by atoms with van der Waals surface area (Å²) in [6.07, 6.45) is 4.19. The van der Waals surface area contributed by atoms with Gasteiger partial charge >= 0.3 is 0 Å². The molecule has 0 bridgehead atoms. The Bertz CT molecular complexity index is 515. The third kappa shape index (κ3) is 4.08. The molecular formula is C15H19BrN2O2. The molecule has 108 valence electrons. The monoisotopic (exact) mass is 338 g/mol. The minimum atomic E-state index is -0.0784. The fourth-order valence-corrected chi connectivity index (χ4v) is 2.56. The molecule has 0 saturated heterocycles. The van der Waals surface area contributed by atoms with E-state index in [0.717, 1.165) is 30.4 Å². The van der Waals surface area contributed by atoms with E-state index in [0.29, 0.717) is 17.9 Å². The first-order valence-electron chi connectivity index (χ1n) is 6.71. The van der Waals surface area contributed by atoms with Crippen LogP contribution in [0.2, 0.25) is 0 Å². The fourth-order valence-electron chi connectivity index (χ4n) is 2.13. The molecule has 1 heterocycles. The van der Waals surface area contributed by atoms with Gasteiger partial charge in [0, 0.05) is 17.6 Å². The molecule has 1 amide bonds. The Morgan fingerprint density at radius 2 is 2.35 bits per heavy atom. The summed E-state index contributed by atoms with van der Waals surface area (Å²) in [5, 5.41) is 6.23. The largest absolute Gasteiger partial charge is 0.497 e. The number of hydrogen-bond acceptors (Lipinski definition) is 3. The van der Waals surface area contributed by atoms with Gasteiger partial charge in [0.05, 0.1) is 12.7 Å². The van der Waals surface area contributed by atoms with Crippen LogP contribution in [0.5, 0.6) is 5.75 Å². The molecule has 0 spiro atoms. The first-order chi connectivity index (χ1) is 9.70. The summed E-state index contributed by atoms with van der Waals surface area (Å²) in [6.45, 7) is 2.63. The molecular weight excluding hydrogens is 320 g/mol. The molecule has 0 unspecified atom stereocenters. The van der Waals surface area contributed by atoms with Gasteiger partial charge in [0.15, 0.2) is 0 Å². The standard InChI is InChI=1S/C15H19BrN2O2/c1-20-12-2-3-14(16)13(10-12)15(19)18-9-6-11-4-7-17-8-5-11/h2-4,10,17H,5-9H2,1H3,(H,18,19). The van der Waals surface area contributed by atoms with Crippen LogP contribution in [-0.2, 0) is 0 Å². The van der Waals surface area contributed by atoms with Crippen molar-refractivity contribution in [2.45, 2.75) is 12.8 Å². The van der Waals surface area contributed by atoms with Gasteiger partial charge in [0.2, 0.25) is 0 Å². The second kappa shape index (κ2) is 7.45. The van der Waals surface area contributed by atoms with E-state index >= 15 is 0 Å². The molecule has 0 fully saturated rings. The Kier molecular flexibility index (Phi) is 5.61. The van der Waals surface area contributed by atoms with Crippen molar-refractivity contribution in [2.24, 2.45) is 0 Å². The minimum absolute atomic E-state index is 0.0784. The maximum absolute atomic E-state index is 12.1. The molecule has 0 atom stereocenters. The quantitative estimate of drug-likeness (QED) is 0.811. The highest BCUT2D eigenvalue weighted by Crippen LogP contribution is 2.22. The summed E-state index contributed by atoms with van der Waals surface area (Å²) in [7, 11) is 1.59. The van der Waals surface area contributed by atoms with Crippen molar-refractivity contribution in [3.05, 3.63) is 39.9 Å². The number of benzene rings is 1. The molecule has 2 N–H and O–H groups in total. The van der Waals surface area contributed by atoms with E-state index in [4.69, 9.17) is 4.74 Å². The Labute approximate surface area is 127 Å².